The van der Waals surface area contributed by atoms with Crippen LogP contribution in [0.3, 0.4) is 0 Å². The van der Waals surface area contributed by atoms with E-state index in [0.29, 0.717) is 28.0 Å². The van der Waals surface area contributed by atoms with Gasteiger partial charge in [-0.1, -0.05) is 17.7 Å². The molecule has 14 heteroatoms. The van der Waals surface area contributed by atoms with Crippen molar-refractivity contribution in [2.45, 2.75) is 19.0 Å². The average Bonchev–Trinajstić information content (AvgIpc) is 2.94. The Hall–Kier alpha value is -4.10. The second-order valence-corrected chi connectivity index (χ2v) is 9.94. The summed E-state index contributed by atoms with van der Waals surface area (Å²) in [5.74, 6) is -2.06. The van der Waals surface area contributed by atoms with Crippen molar-refractivity contribution in [2.24, 2.45) is 0 Å². The monoisotopic (exact) mass is 591 g/mol. The molecule has 1 fully saturated rings. The van der Waals surface area contributed by atoms with Crippen LogP contribution in [0.4, 0.5) is 42.0 Å². The van der Waals surface area contributed by atoms with Gasteiger partial charge in [-0.25, -0.2) is 9.78 Å². The van der Waals surface area contributed by atoms with Gasteiger partial charge in [-0.2, -0.15) is 18.2 Å². The summed E-state index contributed by atoms with van der Waals surface area (Å²) in [5.41, 5.74) is 5.79. The number of likely N-dealkylation sites (N-methyl/N-ethyl adjacent to an activating group) is 1. The normalized spacial score (nSPS) is 15.0. The van der Waals surface area contributed by atoms with Gasteiger partial charge in [0.05, 0.1) is 17.4 Å². The van der Waals surface area contributed by atoms with E-state index in [-0.39, 0.29) is 5.91 Å². The van der Waals surface area contributed by atoms with Gasteiger partial charge >= 0.3 is 12.1 Å². The molecule has 0 aliphatic carbocycles. The Morgan fingerprint density at radius 1 is 1.05 bits per heavy atom. The van der Waals surface area contributed by atoms with Crippen LogP contribution in [0.1, 0.15) is 21.5 Å². The zero-order valence-electron chi connectivity index (χ0n) is 22.3. The van der Waals surface area contributed by atoms with Gasteiger partial charge in [-0.05, 0) is 61.3 Å². The maximum absolute atomic E-state index is 12.5. The third-order valence-electron chi connectivity index (χ3n) is 6.66. The Morgan fingerprint density at radius 3 is 2.41 bits per heavy atom. The van der Waals surface area contributed by atoms with E-state index in [9.17, 15) is 18.0 Å². The van der Waals surface area contributed by atoms with Crippen LogP contribution in [0.15, 0.2) is 42.6 Å². The summed E-state index contributed by atoms with van der Waals surface area (Å²) in [4.78, 5) is 35.1. The molecule has 41 heavy (non-hydrogen) atoms. The number of anilines is 5. The highest BCUT2D eigenvalue weighted by Gasteiger charge is 2.38. The molecule has 0 atom stereocenters. The van der Waals surface area contributed by atoms with Crippen LogP contribution < -0.4 is 20.9 Å². The van der Waals surface area contributed by atoms with Gasteiger partial charge in [-0.15, -0.1) is 0 Å². The number of carboxylic acids is 1. The number of amides is 1. The first kappa shape index (κ1) is 29.9. The van der Waals surface area contributed by atoms with Gasteiger partial charge in [0.1, 0.15) is 5.02 Å². The quantitative estimate of drug-likeness (QED) is 0.342. The molecule has 2 aliphatic rings. The smallest absolute Gasteiger partial charge is 0.475 e. The Kier molecular flexibility index (Phi) is 9.18. The molecule has 0 radical (unpaired) electrons. The number of alkyl halides is 3. The molecule has 1 amide bonds. The molecule has 218 valence electrons. The highest BCUT2D eigenvalue weighted by atomic mass is 35.5. The topological polar surface area (TPSA) is 123 Å². The van der Waals surface area contributed by atoms with Crippen molar-refractivity contribution in [3.63, 3.8) is 0 Å². The fourth-order valence-electron chi connectivity index (χ4n) is 4.45. The maximum atomic E-state index is 12.5. The summed E-state index contributed by atoms with van der Waals surface area (Å²) in [7, 11) is 3.79. The number of piperazine rings is 1. The number of nitrogens with one attached hydrogen (secondary N) is 3. The number of nitrogens with zero attached hydrogens (tertiary/aromatic N) is 4. The number of aromatic nitrogens is 2. The molecule has 4 N–H and O–H groups in total. The number of hydrogen-bond donors (Lipinski definition) is 4. The molecule has 5 rings (SSSR count). The van der Waals surface area contributed by atoms with E-state index in [1.807, 2.05) is 18.2 Å². The lowest BCUT2D eigenvalue weighted by Crippen LogP contribution is -2.44. The summed E-state index contributed by atoms with van der Waals surface area (Å²) in [6.07, 6.45) is -1.82. The number of halogens is 4. The highest BCUT2D eigenvalue weighted by molar-refractivity contribution is 6.33. The van der Waals surface area contributed by atoms with Gasteiger partial charge < -0.3 is 30.9 Å². The lowest BCUT2D eigenvalue weighted by Gasteiger charge is -2.35. The highest BCUT2D eigenvalue weighted by Crippen LogP contribution is 2.32. The number of benzene rings is 2. The van der Waals surface area contributed by atoms with Crippen molar-refractivity contribution in [2.75, 3.05) is 55.8 Å². The second kappa shape index (κ2) is 12.6. The largest absolute Gasteiger partial charge is 0.490 e. The molecule has 1 saturated heterocycles. The van der Waals surface area contributed by atoms with Crippen molar-refractivity contribution < 1.29 is 27.9 Å². The minimum Gasteiger partial charge on any atom is -0.475 e. The van der Waals surface area contributed by atoms with E-state index in [1.165, 1.54) is 11.3 Å². The van der Waals surface area contributed by atoms with Crippen LogP contribution in [0.25, 0.3) is 0 Å². The summed E-state index contributed by atoms with van der Waals surface area (Å²) < 4.78 is 31.7. The van der Waals surface area contributed by atoms with Crippen LogP contribution in [-0.4, -0.2) is 78.3 Å². The molecule has 0 saturated carbocycles. The third kappa shape index (κ3) is 7.55. The first-order chi connectivity index (χ1) is 19.4. The van der Waals surface area contributed by atoms with E-state index in [0.717, 1.165) is 50.3 Å². The summed E-state index contributed by atoms with van der Waals surface area (Å²) >= 11 is 6.39. The maximum Gasteiger partial charge on any atom is 0.490 e. The van der Waals surface area contributed by atoms with Crippen LogP contribution in [0, 0.1) is 0 Å². The number of aliphatic carboxylic acids is 1. The molecule has 3 aromatic rings. The van der Waals surface area contributed by atoms with Gasteiger partial charge in [-0.3, -0.25) is 4.79 Å². The van der Waals surface area contributed by atoms with E-state index in [1.54, 1.807) is 13.2 Å². The van der Waals surface area contributed by atoms with Gasteiger partial charge in [0.25, 0.3) is 5.91 Å². The van der Waals surface area contributed by atoms with Gasteiger partial charge in [0.2, 0.25) is 5.95 Å². The predicted octanol–water partition coefficient (Wildman–Crippen LogP) is 4.46. The molecule has 0 unspecified atom stereocenters. The molecule has 6 bridgehead atoms. The second-order valence-electron chi connectivity index (χ2n) is 9.54. The minimum atomic E-state index is -5.08. The lowest BCUT2D eigenvalue weighted by atomic mass is 9.99. The number of aryl methyl sites for hydroxylation is 2. The summed E-state index contributed by atoms with van der Waals surface area (Å²) in [5, 5.41) is 16.8. The Labute approximate surface area is 239 Å². The van der Waals surface area contributed by atoms with Crippen molar-refractivity contribution >= 4 is 52.3 Å². The number of hydrogen-bond acceptors (Lipinski definition) is 8. The first-order valence-electron chi connectivity index (χ1n) is 12.7. The lowest BCUT2D eigenvalue weighted by molar-refractivity contribution is -0.192. The van der Waals surface area contributed by atoms with Gasteiger partial charge in [0, 0.05) is 44.6 Å². The minimum absolute atomic E-state index is 0.175. The SMILES string of the molecule is CNC(=O)c1ccc2cc1Nc1nc(ncc1Cl)Nc1ccc(N3CCN(C)CC3)c(c1)CC2.O=C(O)C(F)(F)F. The Bertz CT molecular complexity index is 1430. The fraction of sp³-hybridized carbons (Fsp3) is 0.333. The molecule has 3 heterocycles. The van der Waals surface area contributed by atoms with Crippen molar-refractivity contribution in [3.8, 4) is 0 Å². The zero-order valence-corrected chi connectivity index (χ0v) is 23.1. The van der Waals surface area contributed by atoms with Crippen LogP contribution in [0.5, 0.6) is 0 Å². The van der Waals surface area contributed by atoms with E-state index < -0.39 is 12.1 Å². The zero-order chi connectivity index (χ0) is 29.7. The van der Waals surface area contributed by atoms with Crippen LogP contribution in [-0.2, 0) is 17.6 Å². The summed E-state index contributed by atoms with van der Waals surface area (Å²) in [6, 6.07) is 12.3. The van der Waals surface area contributed by atoms with E-state index >= 15 is 0 Å². The number of carbonyl (C=O) groups excluding carboxylic acids is 1. The molecule has 0 spiro atoms. The number of fused-ring (bicyclic) bond motifs is 6. The number of rotatable bonds is 2. The average molecular weight is 592 g/mol. The Balaban J connectivity index is 0.000000493. The van der Waals surface area contributed by atoms with Crippen LogP contribution in [0.2, 0.25) is 5.02 Å². The molecular weight excluding hydrogens is 563 g/mol. The van der Waals surface area contributed by atoms with Crippen molar-refractivity contribution in [1.29, 1.82) is 0 Å². The number of carboxylic acid groups (broad SMARTS) is 1. The molecule has 10 nitrogen and oxygen atoms in total. The number of carbonyl (C=O) groups is 2. The van der Waals surface area contributed by atoms with E-state index in [2.05, 4.69) is 61.0 Å². The molecular formula is C27H29ClF3N7O3. The molecule has 2 aliphatic heterocycles. The first-order valence-corrected chi connectivity index (χ1v) is 13.1. The standard InChI is InChI=1S/C25H28ClN7O.C2HF3O2/c1-27-24(34)19-7-4-16-3-5-17-14-18(6-8-22(17)33-11-9-32(2)10-12-33)29-25-28-15-20(26)23(31-25)30-21(19)13-16;3-2(4,5)1(6)7/h4,6-8,13-15H,3,5,9-12H2,1-2H3,(H,27,34)(H2,28,29,30,31);(H,6,7). The Morgan fingerprint density at radius 2 is 1.76 bits per heavy atom. The van der Waals surface area contributed by atoms with Crippen molar-refractivity contribution in [1.82, 2.24) is 20.2 Å². The fourth-order valence-corrected chi connectivity index (χ4v) is 4.59. The van der Waals surface area contributed by atoms with E-state index in [4.69, 9.17) is 21.5 Å². The molecule has 1 aromatic heterocycles. The predicted molar refractivity (Wildman–Crippen MR) is 151 cm³/mol. The summed E-state index contributed by atoms with van der Waals surface area (Å²) in [6.45, 7) is 4.12. The third-order valence-corrected chi connectivity index (χ3v) is 6.93. The van der Waals surface area contributed by atoms with Gasteiger partial charge in [0.15, 0.2) is 5.82 Å². The van der Waals surface area contributed by atoms with Crippen LogP contribution >= 0.6 is 11.6 Å². The molecule has 2 aromatic carbocycles. The van der Waals surface area contributed by atoms with Crippen molar-refractivity contribution in [3.05, 3.63) is 64.3 Å².